The number of hydrogen-bond acceptors (Lipinski definition) is 3. The van der Waals surface area contributed by atoms with Gasteiger partial charge in [-0.2, -0.15) is 0 Å². The zero-order valence-corrected chi connectivity index (χ0v) is 13.0. The molecule has 1 atom stereocenters. The van der Waals surface area contributed by atoms with Crippen LogP contribution in [0, 0.1) is 17.6 Å². The van der Waals surface area contributed by atoms with Crippen LogP contribution in [0.5, 0.6) is 0 Å². The Kier molecular flexibility index (Phi) is 3.89. The van der Waals surface area contributed by atoms with E-state index in [9.17, 15) is 0 Å². The number of fused-ring (bicyclic) bond motifs is 1. The summed E-state index contributed by atoms with van der Waals surface area (Å²) in [5.41, 5.74) is 3.26. The third-order valence-corrected chi connectivity index (χ3v) is 4.46. The molecule has 1 aliphatic heterocycles. The molecule has 0 saturated carbocycles. The SMILES string of the molecule is Cc1ccnc2c1[nH]c(=S)n2CC(C)CN1CCCC1. The highest BCUT2D eigenvalue weighted by atomic mass is 32.1. The number of nitrogens with one attached hydrogen (secondary N) is 1. The van der Waals surface area contributed by atoms with Crippen LogP contribution in [0.2, 0.25) is 0 Å². The van der Waals surface area contributed by atoms with E-state index in [4.69, 9.17) is 12.2 Å². The molecule has 0 spiro atoms. The lowest BCUT2D eigenvalue weighted by atomic mass is 10.1. The van der Waals surface area contributed by atoms with Crippen LogP contribution in [-0.4, -0.2) is 39.1 Å². The number of aryl methyl sites for hydroxylation is 1. The van der Waals surface area contributed by atoms with Crippen LogP contribution in [0.25, 0.3) is 11.2 Å². The van der Waals surface area contributed by atoms with Crippen molar-refractivity contribution in [3.05, 3.63) is 22.6 Å². The molecule has 5 heteroatoms. The molecule has 1 unspecified atom stereocenters. The molecule has 0 aliphatic carbocycles. The summed E-state index contributed by atoms with van der Waals surface area (Å²) in [5, 5.41) is 0. The van der Waals surface area contributed by atoms with Crippen LogP contribution in [0.15, 0.2) is 12.3 Å². The maximum atomic E-state index is 5.47. The van der Waals surface area contributed by atoms with Crippen molar-refractivity contribution in [3.8, 4) is 0 Å². The highest BCUT2D eigenvalue weighted by molar-refractivity contribution is 7.71. The second-order valence-electron chi connectivity index (χ2n) is 5.98. The highest BCUT2D eigenvalue weighted by Gasteiger charge is 2.16. The first kappa shape index (κ1) is 13.8. The monoisotopic (exact) mass is 290 g/mol. The van der Waals surface area contributed by atoms with Crippen molar-refractivity contribution in [2.45, 2.75) is 33.2 Å². The number of H-pyrrole nitrogens is 1. The summed E-state index contributed by atoms with van der Waals surface area (Å²) < 4.78 is 2.94. The smallest absolute Gasteiger partial charge is 0.179 e. The predicted molar refractivity (Wildman–Crippen MR) is 84.5 cm³/mol. The van der Waals surface area contributed by atoms with Gasteiger partial charge in [-0.05, 0) is 62.6 Å². The van der Waals surface area contributed by atoms with Gasteiger partial charge in [0.2, 0.25) is 0 Å². The fourth-order valence-corrected chi connectivity index (χ4v) is 3.38. The maximum absolute atomic E-state index is 5.47. The lowest BCUT2D eigenvalue weighted by Gasteiger charge is -2.20. The molecule has 1 N–H and O–H groups in total. The minimum Gasteiger partial charge on any atom is -0.329 e. The first-order chi connectivity index (χ1) is 9.65. The quantitative estimate of drug-likeness (QED) is 0.879. The Hall–Kier alpha value is -1.20. The fraction of sp³-hybridized carbons (Fsp3) is 0.600. The average Bonchev–Trinajstić information content (AvgIpc) is 3.01. The summed E-state index contributed by atoms with van der Waals surface area (Å²) in [6, 6.07) is 2.02. The van der Waals surface area contributed by atoms with E-state index in [0.29, 0.717) is 5.92 Å². The lowest BCUT2D eigenvalue weighted by molar-refractivity contribution is 0.272. The normalized spacial score (nSPS) is 17.9. The Morgan fingerprint density at radius 1 is 1.35 bits per heavy atom. The van der Waals surface area contributed by atoms with Crippen molar-refractivity contribution >= 4 is 23.4 Å². The molecule has 20 heavy (non-hydrogen) atoms. The van der Waals surface area contributed by atoms with Gasteiger partial charge in [-0.15, -0.1) is 0 Å². The average molecular weight is 290 g/mol. The van der Waals surface area contributed by atoms with E-state index >= 15 is 0 Å². The molecule has 3 heterocycles. The number of rotatable bonds is 4. The van der Waals surface area contributed by atoms with Gasteiger partial charge in [-0.25, -0.2) is 4.98 Å². The molecule has 0 aromatic carbocycles. The highest BCUT2D eigenvalue weighted by Crippen LogP contribution is 2.18. The first-order valence-electron chi connectivity index (χ1n) is 7.41. The van der Waals surface area contributed by atoms with Gasteiger partial charge in [0.1, 0.15) is 0 Å². The number of aromatic nitrogens is 3. The molecule has 0 bridgehead atoms. The molecule has 0 radical (unpaired) electrons. The topological polar surface area (TPSA) is 36.9 Å². The summed E-state index contributed by atoms with van der Waals surface area (Å²) in [7, 11) is 0. The second kappa shape index (κ2) is 5.66. The summed E-state index contributed by atoms with van der Waals surface area (Å²) >= 11 is 5.47. The van der Waals surface area contributed by atoms with Crippen molar-refractivity contribution in [2.75, 3.05) is 19.6 Å². The van der Waals surface area contributed by atoms with E-state index in [1.165, 1.54) is 31.5 Å². The minimum atomic E-state index is 0.584. The van der Waals surface area contributed by atoms with E-state index < -0.39 is 0 Å². The van der Waals surface area contributed by atoms with E-state index in [1.54, 1.807) is 0 Å². The van der Waals surface area contributed by atoms with Gasteiger partial charge in [-0.3, -0.25) is 0 Å². The van der Waals surface area contributed by atoms with Gasteiger partial charge < -0.3 is 14.5 Å². The summed E-state index contributed by atoms with van der Waals surface area (Å²) in [6.07, 6.45) is 4.56. The second-order valence-corrected chi connectivity index (χ2v) is 6.37. The largest absolute Gasteiger partial charge is 0.329 e. The molecular weight excluding hydrogens is 268 g/mol. The van der Waals surface area contributed by atoms with Gasteiger partial charge >= 0.3 is 0 Å². The zero-order chi connectivity index (χ0) is 14.1. The number of nitrogens with zero attached hydrogens (tertiary/aromatic N) is 3. The molecule has 3 rings (SSSR count). The molecule has 1 fully saturated rings. The zero-order valence-electron chi connectivity index (χ0n) is 12.2. The van der Waals surface area contributed by atoms with Crippen LogP contribution in [0.4, 0.5) is 0 Å². The molecule has 4 nitrogen and oxygen atoms in total. The van der Waals surface area contributed by atoms with E-state index in [1.807, 2.05) is 12.3 Å². The predicted octanol–water partition coefficient (Wildman–Crippen LogP) is 3.13. The number of aromatic amines is 1. The Bertz CT molecular complexity index is 651. The number of imidazole rings is 1. The Morgan fingerprint density at radius 3 is 2.85 bits per heavy atom. The van der Waals surface area contributed by atoms with Gasteiger partial charge in [-0.1, -0.05) is 6.92 Å². The van der Waals surface area contributed by atoms with Crippen LogP contribution >= 0.6 is 12.2 Å². The summed E-state index contributed by atoms with van der Waals surface area (Å²) in [6.45, 7) is 8.98. The molecule has 108 valence electrons. The van der Waals surface area contributed by atoms with Crippen molar-refractivity contribution in [1.29, 1.82) is 0 Å². The van der Waals surface area contributed by atoms with Gasteiger partial charge in [0.25, 0.3) is 0 Å². The number of likely N-dealkylation sites (tertiary alicyclic amines) is 1. The van der Waals surface area contributed by atoms with E-state index in [-0.39, 0.29) is 0 Å². The standard InChI is InChI=1S/C15H22N4S/c1-11(9-18-7-3-4-8-18)10-19-14-13(17-15(19)20)12(2)5-6-16-14/h5-6,11H,3-4,7-10H2,1-2H3,(H,17,20). The third-order valence-electron chi connectivity index (χ3n) is 4.13. The lowest BCUT2D eigenvalue weighted by Crippen LogP contribution is -2.27. The molecular formula is C15H22N4S. The van der Waals surface area contributed by atoms with E-state index in [0.717, 1.165) is 29.0 Å². The Morgan fingerprint density at radius 2 is 2.10 bits per heavy atom. The van der Waals surface area contributed by atoms with Crippen molar-refractivity contribution in [2.24, 2.45) is 5.92 Å². The molecule has 0 amide bonds. The Labute approximate surface area is 124 Å². The minimum absolute atomic E-state index is 0.584. The van der Waals surface area contributed by atoms with Crippen LogP contribution < -0.4 is 0 Å². The fourth-order valence-electron chi connectivity index (χ4n) is 3.12. The van der Waals surface area contributed by atoms with Crippen LogP contribution in [-0.2, 0) is 6.54 Å². The molecule has 2 aromatic heterocycles. The van der Waals surface area contributed by atoms with Crippen LogP contribution in [0.1, 0.15) is 25.3 Å². The van der Waals surface area contributed by atoms with Crippen LogP contribution in [0.3, 0.4) is 0 Å². The first-order valence-corrected chi connectivity index (χ1v) is 7.82. The van der Waals surface area contributed by atoms with Crippen molar-refractivity contribution < 1.29 is 0 Å². The number of pyridine rings is 1. The van der Waals surface area contributed by atoms with Crippen molar-refractivity contribution in [1.82, 2.24) is 19.4 Å². The number of hydrogen-bond donors (Lipinski definition) is 1. The van der Waals surface area contributed by atoms with Gasteiger partial charge in [0.05, 0.1) is 5.52 Å². The third kappa shape index (κ3) is 2.65. The molecule has 1 saturated heterocycles. The Balaban J connectivity index is 1.81. The molecule has 2 aromatic rings. The summed E-state index contributed by atoms with van der Waals surface area (Å²) in [4.78, 5) is 10.4. The molecule has 1 aliphatic rings. The summed E-state index contributed by atoms with van der Waals surface area (Å²) in [5.74, 6) is 0.584. The maximum Gasteiger partial charge on any atom is 0.179 e. The van der Waals surface area contributed by atoms with Gasteiger partial charge in [0.15, 0.2) is 10.4 Å². The van der Waals surface area contributed by atoms with Crippen molar-refractivity contribution in [3.63, 3.8) is 0 Å². The van der Waals surface area contributed by atoms with Gasteiger partial charge in [0, 0.05) is 19.3 Å². The van der Waals surface area contributed by atoms with E-state index in [2.05, 4.69) is 33.3 Å².